The van der Waals surface area contributed by atoms with Crippen molar-refractivity contribution in [2.24, 2.45) is 17.3 Å². The maximum absolute atomic E-state index is 13.2. The van der Waals surface area contributed by atoms with Gasteiger partial charge in [-0.1, -0.05) is 47.4 Å². The van der Waals surface area contributed by atoms with Gasteiger partial charge in [-0.05, 0) is 125 Å². The van der Waals surface area contributed by atoms with E-state index in [1.54, 1.807) is 0 Å². The average Bonchev–Trinajstić information content (AvgIpc) is 3.40. The molecule has 3 aliphatic carbocycles. The molecule has 0 aromatic heterocycles. The monoisotopic (exact) mass is 825 g/mol. The first-order valence-corrected chi connectivity index (χ1v) is 21.3. The third-order valence-corrected chi connectivity index (χ3v) is 15.2. The summed E-state index contributed by atoms with van der Waals surface area (Å²) in [6.45, 7) is 5.87. The first kappa shape index (κ1) is 45.6. The number of benzene rings is 1. The summed E-state index contributed by atoms with van der Waals surface area (Å²) in [4.78, 5) is 1.31. The Kier molecular flexibility index (Phi) is 15.8. The first-order chi connectivity index (χ1) is 25.2. The number of ether oxygens (including phenoxy) is 3. The highest BCUT2D eigenvalue weighted by atomic mass is 33.1. The van der Waals surface area contributed by atoms with Crippen molar-refractivity contribution in [1.82, 2.24) is 4.90 Å². The quantitative estimate of drug-likeness (QED) is 0.0798. The predicted octanol–water partition coefficient (Wildman–Crippen LogP) is 10.8. The zero-order valence-electron chi connectivity index (χ0n) is 31.6. The van der Waals surface area contributed by atoms with Gasteiger partial charge in [-0.25, -0.2) is 0 Å². The van der Waals surface area contributed by atoms with Crippen molar-refractivity contribution in [2.45, 2.75) is 132 Å². The second-order valence-electron chi connectivity index (χ2n) is 16.0. The van der Waals surface area contributed by atoms with Crippen molar-refractivity contribution < 1.29 is 58.8 Å². The number of alkyl halides is 9. The molecule has 0 heterocycles. The molecule has 0 aliphatic heterocycles. The van der Waals surface area contributed by atoms with Crippen molar-refractivity contribution in [3.05, 3.63) is 29.3 Å². The number of aliphatic hydroxyl groups is 1. The molecule has 0 spiro atoms. The number of nitrogens with zero attached hydrogens (tertiary/aromatic N) is 1. The Labute approximate surface area is 321 Å². The SMILES string of the molecule is CN(CCOC1CCC2C3CCc4cc(OCCC(C)(C)SSCCCCCCO)ccc4C3CCC12C)CCOC(C(F)(F)F)(C(F)(F)F)C(F)(F)F. The second kappa shape index (κ2) is 18.7. The third kappa shape index (κ3) is 10.7. The minimum absolute atomic E-state index is 0.0729. The van der Waals surface area contributed by atoms with Crippen molar-refractivity contribution in [3.8, 4) is 5.75 Å². The lowest BCUT2D eigenvalue weighted by Gasteiger charge is -2.50. The molecule has 4 rings (SSSR count). The Morgan fingerprint density at radius 3 is 2.19 bits per heavy atom. The van der Waals surface area contributed by atoms with Crippen molar-refractivity contribution >= 4 is 21.6 Å². The fourth-order valence-corrected chi connectivity index (χ4v) is 11.4. The number of fused-ring (bicyclic) bond motifs is 5. The molecule has 2 fully saturated rings. The summed E-state index contributed by atoms with van der Waals surface area (Å²) in [6, 6.07) is 6.53. The largest absolute Gasteiger partial charge is 0.494 e. The van der Waals surface area contributed by atoms with Crippen LogP contribution >= 0.6 is 21.6 Å². The van der Waals surface area contributed by atoms with Gasteiger partial charge >= 0.3 is 24.1 Å². The fraction of sp³-hybridized carbons (Fsp3) is 0.842. The van der Waals surface area contributed by atoms with Gasteiger partial charge in [-0.2, -0.15) is 39.5 Å². The highest BCUT2D eigenvalue weighted by Crippen LogP contribution is 2.62. The lowest BCUT2D eigenvalue weighted by molar-refractivity contribution is -0.457. The van der Waals surface area contributed by atoms with Crippen LogP contribution in [-0.4, -0.2) is 97.3 Å². The third-order valence-electron chi connectivity index (χ3n) is 11.8. The highest BCUT2D eigenvalue weighted by molar-refractivity contribution is 8.77. The van der Waals surface area contributed by atoms with Crippen LogP contribution in [-0.2, 0) is 15.9 Å². The molecular weight excluding hydrogens is 770 g/mol. The van der Waals surface area contributed by atoms with Crippen molar-refractivity contribution in [1.29, 1.82) is 0 Å². The van der Waals surface area contributed by atoms with E-state index in [1.807, 2.05) is 21.6 Å². The van der Waals surface area contributed by atoms with Gasteiger partial charge in [0.1, 0.15) is 5.75 Å². The Bertz CT molecular complexity index is 1290. The number of rotatable bonds is 20. The van der Waals surface area contributed by atoms with E-state index >= 15 is 0 Å². The molecule has 0 radical (unpaired) electrons. The number of hydrogen-bond donors (Lipinski definition) is 1. The fourth-order valence-electron chi connectivity index (χ4n) is 8.70. The summed E-state index contributed by atoms with van der Waals surface area (Å²) < 4.78 is 135. The van der Waals surface area contributed by atoms with E-state index in [0.29, 0.717) is 24.4 Å². The standard InChI is InChI=1S/C38H56F9NO4S2/c1-33(2,54-53-24-8-6-5-7-20-49)17-21-50-27-10-12-28-26(25-27)9-11-30-29(28)15-16-34(3)31(30)13-14-32(34)51-22-18-48(4)19-23-52-35(36(39,40)41,37(42,43)44)38(45,46)47/h10,12,25,29-32,49H,5-9,11,13-24H2,1-4H3. The molecule has 54 heavy (non-hydrogen) atoms. The van der Waals surface area contributed by atoms with Crippen LogP contribution in [0.2, 0.25) is 0 Å². The number of aliphatic hydroxyl groups excluding tert-OH is 1. The van der Waals surface area contributed by atoms with Crippen LogP contribution in [0.25, 0.3) is 0 Å². The van der Waals surface area contributed by atoms with E-state index < -0.39 is 37.3 Å². The average molecular weight is 826 g/mol. The maximum Gasteiger partial charge on any atom is 0.435 e. The Morgan fingerprint density at radius 1 is 0.852 bits per heavy atom. The summed E-state index contributed by atoms with van der Waals surface area (Å²) in [5.41, 5.74) is -3.60. The second-order valence-corrected chi connectivity index (χ2v) is 19.1. The molecule has 1 aromatic carbocycles. The van der Waals surface area contributed by atoms with Crippen LogP contribution in [0.15, 0.2) is 18.2 Å². The van der Waals surface area contributed by atoms with Crippen LogP contribution < -0.4 is 4.74 Å². The molecule has 2 saturated carbocycles. The zero-order chi connectivity index (χ0) is 40.0. The molecular formula is C38H56F9NO4S2. The molecule has 0 bridgehead atoms. The van der Waals surface area contributed by atoms with Gasteiger partial charge < -0.3 is 24.2 Å². The van der Waals surface area contributed by atoms with E-state index in [-0.39, 0.29) is 36.0 Å². The molecule has 5 atom stereocenters. The van der Waals surface area contributed by atoms with Crippen LogP contribution in [0.1, 0.15) is 102 Å². The molecule has 1 aromatic rings. The van der Waals surface area contributed by atoms with Gasteiger partial charge in [0.05, 0.1) is 25.9 Å². The Morgan fingerprint density at radius 2 is 1.52 bits per heavy atom. The van der Waals surface area contributed by atoms with E-state index in [0.717, 1.165) is 82.1 Å². The minimum atomic E-state index is -6.74. The first-order valence-electron chi connectivity index (χ1n) is 19.0. The lowest BCUT2D eigenvalue weighted by atomic mass is 9.55. The van der Waals surface area contributed by atoms with E-state index in [2.05, 4.69) is 43.7 Å². The van der Waals surface area contributed by atoms with Crippen LogP contribution in [0, 0.1) is 17.3 Å². The molecule has 1 N–H and O–H groups in total. The number of halogens is 9. The lowest BCUT2D eigenvalue weighted by Crippen LogP contribution is -2.68. The molecule has 0 amide bonds. The van der Waals surface area contributed by atoms with Gasteiger partial charge in [0.25, 0.3) is 0 Å². The van der Waals surface area contributed by atoms with E-state index in [1.165, 1.54) is 23.1 Å². The normalized spacial score (nSPS) is 25.1. The molecule has 3 aliphatic rings. The summed E-state index contributed by atoms with van der Waals surface area (Å²) in [7, 11) is 5.20. The summed E-state index contributed by atoms with van der Waals surface area (Å²) in [5, 5.41) is 8.91. The molecule has 16 heteroatoms. The number of likely N-dealkylation sites (N-methyl/N-ethyl adjacent to an activating group) is 1. The number of aryl methyl sites for hydroxylation is 1. The Balaban J connectivity index is 1.23. The maximum atomic E-state index is 13.2. The number of hydrogen-bond acceptors (Lipinski definition) is 7. The molecule has 312 valence electrons. The summed E-state index contributed by atoms with van der Waals surface area (Å²) >= 11 is 0. The van der Waals surface area contributed by atoms with Crippen LogP contribution in [0.3, 0.4) is 0 Å². The molecule has 5 unspecified atom stereocenters. The van der Waals surface area contributed by atoms with Crippen LogP contribution in [0.4, 0.5) is 39.5 Å². The van der Waals surface area contributed by atoms with E-state index in [9.17, 15) is 39.5 Å². The predicted molar refractivity (Wildman–Crippen MR) is 195 cm³/mol. The smallest absolute Gasteiger partial charge is 0.435 e. The summed E-state index contributed by atoms with van der Waals surface area (Å²) in [5.74, 6) is 3.38. The van der Waals surface area contributed by atoms with Gasteiger partial charge in [-0.15, -0.1) is 0 Å². The Hall–Kier alpha value is -1.07. The topological polar surface area (TPSA) is 51.2 Å². The van der Waals surface area contributed by atoms with Crippen LogP contribution in [0.5, 0.6) is 5.75 Å². The summed E-state index contributed by atoms with van der Waals surface area (Å²) in [6.07, 6.45) is -9.29. The number of unbranched alkanes of at least 4 members (excludes halogenated alkanes) is 3. The molecule has 5 nitrogen and oxygen atoms in total. The zero-order valence-corrected chi connectivity index (χ0v) is 33.2. The van der Waals surface area contributed by atoms with Crippen molar-refractivity contribution in [2.75, 3.05) is 52.3 Å². The van der Waals surface area contributed by atoms with Crippen molar-refractivity contribution in [3.63, 3.8) is 0 Å². The van der Waals surface area contributed by atoms with E-state index in [4.69, 9.17) is 14.6 Å². The highest BCUT2D eigenvalue weighted by Gasteiger charge is 2.85. The van der Waals surface area contributed by atoms with Gasteiger partial charge in [-0.3, -0.25) is 0 Å². The minimum Gasteiger partial charge on any atom is -0.494 e. The van der Waals surface area contributed by atoms with Gasteiger partial charge in [0.15, 0.2) is 0 Å². The molecule has 0 saturated heterocycles. The van der Waals surface area contributed by atoms with Gasteiger partial charge in [0, 0.05) is 30.2 Å². The van der Waals surface area contributed by atoms with Gasteiger partial charge in [0.2, 0.25) is 0 Å².